The van der Waals surface area contributed by atoms with Gasteiger partial charge in [-0.2, -0.15) is 0 Å². The molecule has 134 valence electrons. The van der Waals surface area contributed by atoms with Gasteiger partial charge in [0.15, 0.2) is 0 Å². The topological polar surface area (TPSA) is 40.5 Å². The predicted molar refractivity (Wildman–Crippen MR) is 112 cm³/mol. The molecule has 0 aliphatic carbocycles. The van der Waals surface area contributed by atoms with Gasteiger partial charge in [0.2, 0.25) is 0 Å². The van der Waals surface area contributed by atoms with Crippen molar-refractivity contribution in [3.8, 4) is 33.8 Å². The average Bonchev–Trinajstić information content (AvgIpc) is 2.68. The largest absolute Gasteiger partial charge is 0.507 e. The lowest BCUT2D eigenvalue weighted by Gasteiger charge is -2.19. The Bertz CT molecular complexity index is 1110. The van der Waals surface area contributed by atoms with Crippen molar-refractivity contribution < 1.29 is 10.2 Å². The maximum atomic E-state index is 11.2. The molecular formula is C25H22O2. The second-order valence-electron chi connectivity index (χ2n) is 7.13. The van der Waals surface area contributed by atoms with Gasteiger partial charge in [-0.3, -0.25) is 0 Å². The molecule has 0 bridgehead atoms. The molecule has 2 N–H and O–H groups in total. The summed E-state index contributed by atoms with van der Waals surface area (Å²) in [7, 11) is 0. The zero-order chi connectivity index (χ0) is 19.0. The van der Waals surface area contributed by atoms with E-state index in [9.17, 15) is 10.2 Å². The maximum Gasteiger partial charge on any atom is 0.127 e. The summed E-state index contributed by atoms with van der Waals surface area (Å²) in [5, 5.41) is 24.0. The van der Waals surface area contributed by atoms with Crippen LogP contribution in [-0.4, -0.2) is 10.2 Å². The highest BCUT2D eigenvalue weighted by molar-refractivity contribution is 6.05. The molecule has 27 heavy (non-hydrogen) atoms. The molecule has 2 nitrogen and oxygen atoms in total. The predicted octanol–water partition coefficient (Wildman–Crippen LogP) is 6.71. The summed E-state index contributed by atoms with van der Waals surface area (Å²) in [5.74, 6) is 0.569. The van der Waals surface area contributed by atoms with Crippen LogP contribution in [0.25, 0.3) is 33.0 Å². The third-order valence-electron chi connectivity index (χ3n) is 5.05. The summed E-state index contributed by atoms with van der Waals surface area (Å²) in [6.45, 7) is 4.13. The molecule has 0 amide bonds. The Morgan fingerprint density at radius 3 is 2.15 bits per heavy atom. The van der Waals surface area contributed by atoms with Crippen molar-refractivity contribution >= 4 is 10.8 Å². The molecule has 0 aliphatic heterocycles. The van der Waals surface area contributed by atoms with Crippen molar-refractivity contribution in [2.24, 2.45) is 0 Å². The van der Waals surface area contributed by atoms with Crippen LogP contribution in [0.1, 0.15) is 25.3 Å². The lowest BCUT2D eigenvalue weighted by Crippen LogP contribution is -1.94. The van der Waals surface area contributed by atoms with E-state index in [0.29, 0.717) is 11.1 Å². The number of hydrogen-bond donors (Lipinski definition) is 2. The first kappa shape index (κ1) is 17.2. The molecule has 0 aromatic heterocycles. The molecule has 0 saturated heterocycles. The third-order valence-corrected chi connectivity index (χ3v) is 5.05. The van der Waals surface area contributed by atoms with Gasteiger partial charge >= 0.3 is 0 Å². The van der Waals surface area contributed by atoms with Gasteiger partial charge in [-0.15, -0.1) is 0 Å². The fraction of sp³-hybridized carbons (Fsp3) is 0.120. The van der Waals surface area contributed by atoms with Crippen LogP contribution < -0.4 is 0 Å². The summed E-state index contributed by atoms with van der Waals surface area (Å²) >= 11 is 0. The standard InChI is InChI=1S/C25H22O2/c1-16(2)21-15-18-11-6-7-12-20(18)24(25(21)27)23-19(13-8-14-22(23)26)17-9-4-3-5-10-17/h3-16,26-27H,1-2H3. The van der Waals surface area contributed by atoms with E-state index in [0.717, 1.165) is 27.5 Å². The molecule has 0 spiro atoms. The van der Waals surface area contributed by atoms with Crippen LogP contribution in [0.15, 0.2) is 78.9 Å². The lowest BCUT2D eigenvalue weighted by molar-refractivity contribution is 0.463. The highest BCUT2D eigenvalue weighted by Crippen LogP contribution is 2.48. The average molecular weight is 354 g/mol. The van der Waals surface area contributed by atoms with Crippen LogP contribution in [-0.2, 0) is 0 Å². The Balaban J connectivity index is 2.14. The van der Waals surface area contributed by atoms with Gasteiger partial charge in [0.1, 0.15) is 11.5 Å². The second kappa shape index (κ2) is 6.81. The number of fused-ring (bicyclic) bond motifs is 1. The number of rotatable bonds is 3. The molecular weight excluding hydrogens is 332 g/mol. The highest BCUT2D eigenvalue weighted by Gasteiger charge is 2.21. The van der Waals surface area contributed by atoms with Crippen molar-refractivity contribution in [3.63, 3.8) is 0 Å². The Kier molecular flexibility index (Phi) is 4.33. The minimum absolute atomic E-state index is 0.165. The van der Waals surface area contributed by atoms with Gasteiger partial charge in [-0.25, -0.2) is 0 Å². The van der Waals surface area contributed by atoms with Crippen molar-refractivity contribution in [1.82, 2.24) is 0 Å². The number of benzene rings is 4. The second-order valence-corrected chi connectivity index (χ2v) is 7.13. The molecule has 0 heterocycles. The van der Waals surface area contributed by atoms with Crippen LogP contribution in [0.5, 0.6) is 11.5 Å². The molecule has 0 saturated carbocycles. The van der Waals surface area contributed by atoms with E-state index in [1.807, 2.05) is 72.8 Å². The van der Waals surface area contributed by atoms with E-state index < -0.39 is 0 Å². The van der Waals surface area contributed by atoms with E-state index in [-0.39, 0.29) is 17.4 Å². The zero-order valence-electron chi connectivity index (χ0n) is 15.5. The summed E-state index contributed by atoms with van der Waals surface area (Å²) in [5.41, 5.74) is 4.14. The number of phenols is 2. The monoisotopic (exact) mass is 354 g/mol. The molecule has 4 rings (SSSR count). The zero-order valence-corrected chi connectivity index (χ0v) is 15.5. The smallest absolute Gasteiger partial charge is 0.127 e. The Labute approximate surface area is 159 Å². The van der Waals surface area contributed by atoms with Crippen LogP contribution in [0.4, 0.5) is 0 Å². The van der Waals surface area contributed by atoms with Crippen molar-refractivity contribution in [3.05, 3.63) is 84.4 Å². The quantitative estimate of drug-likeness (QED) is 0.429. The molecule has 4 aromatic rings. The number of phenolic OH excluding ortho intramolecular Hbond substituents is 2. The van der Waals surface area contributed by atoms with Gasteiger partial charge in [0.05, 0.1) is 0 Å². The van der Waals surface area contributed by atoms with Crippen LogP contribution in [0.3, 0.4) is 0 Å². The van der Waals surface area contributed by atoms with Gasteiger partial charge in [-0.05, 0) is 45.5 Å². The van der Waals surface area contributed by atoms with E-state index in [1.54, 1.807) is 6.07 Å². The molecule has 0 unspecified atom stereocenters. The van der Waals surface area contributed by atoms with Gasteiger partial charge < -0.3 is 10.2 Å². The summed E-state index contributed by atoms with van der Waals surface area (Å²) in [6, 6.07) is 25.5. The van der Waals surface area contributed by atoms with Crippen LogP contribution in [0.2, 0.25) is 0 Å². The third kappa shape index (κ3) is 2.93. The molecule has 0 atom stereocenters. The van der Waals surface area contributed by atoms with Gasteiger partial charge in [0, 0.05) is 11.1 Å². The maximum absolute atomic E-state index is 11.2. The van der Waals surface area contributed by atoms with E-state index in [2.05, 4.69) is 13.8 Å². The minimum atomic E-state index is 0.165. The van der Waals surface area contributed by atoms with E-state index in [1.165, 1.54) is 0 Å². The Morgan fingerprint density at radius 2 is 1.41 bits per heavy atom. The molecule has 0 aliphatic rings. The Hall–Kier alpha value is -3.26. The highest BCUT2D eigenvalue weighted by atomic mass is 16.3. The summed E-state index contributed by atoms with van der Waals surface area (Å²) < 4.78 is 0. The SMILES string of the molecule is CC(C)c1cc2ccccc2c(-c2c(O)cccc2-c2ccccc2)c1O. The Morgan fingerprint density at radius 1 is 0.704 bits per heavy atom. The summed E-state index contributed by atoms with van der Waals surface area (Å²) in [4.78, 5) is 0. The number of hydrogen-bond acceptors (Lipinski definition) is 2. The van der Waals surface area contributed by atoms with Crippen LogP contribution >= 0.6 is 0 Å². The first-order chi connectivity index (χ1) is 13.1. The van der Waals surface area contributed by atoms with E-state index >= 15 is 0 Å². The van der Waals surface area contributed by atoms with Crippen molar-refractivity contribution in [2.45, 2.75) is 19.8 Å². The normalized spacial score (nSPS) is 11.2. The first-order valence-corrected chi connectivity index (χ1v) is 9.20. The fourth-order valence-corrected chi connectivity index (χ4v) is 3.71. The van der Waals surface area contributed by atoms with Crippen LogP contribution in [0, 0.1) is 0 Å². The van der Waals surface area contributed by atoms with Gasteiger partial charge in [-0.1, -0.05) is 80.6 Å². The van der Waals surface area contributed by atoms with E-state index in [4.69, 9.17) is 0 Å². The van der Waals surface area contributed by atoms with Gasteiger partial charge in [0.25, 0.3) is 0 Å². The molecule has 2 heteroatoms. The molecule has 0 radical (unpaired) electrons. The first-order valence-electron chi connectivity index (χ1n) is 9.20. The summed E-state index contributed by atoms with van der Waals surface area (Å²) in [6.07, 6.45) is 0. The molecule has 4 aromatic carbocycles. The minimum Gasteiger partial charge on any atom is -0.507 e. The van der Waals surface area contributed by atoms with Crippen molar-refractivity contribution in [1.29, 1.82) is 0 Å². The molecule has 0 fully saturated rings. The fourth-order valence-electron chi connectivity index (χ4n) is 3.71. The lowest BCUT2D eigenvalue weighted by atomic mass is 9.86. The van der Waals surface area contributed by atoms with Crippen molar-refractivity contribution in [2.75, 3.05) is 0 Å². The number of aromatic hydroxyl groups is 2.